The van der Waals surface area contributed by atoms with Gasteiger partial charge in [-0.05, 0) is 49.7 Å². The number of esters is 1. The van der Waals surface area contributed by atoms with Crippen LogP contribution < -0.4 is 10.6 Å². The second-order valence-corrected chi connectivity index (χ2v) is 6.48. The van der Waals surface area contributed by atoms with Gasteiger partial charge in [-0.2, -0.15) is 13.2 Å². The van der Waals surface area contributed by atoms with Gasteiger partial charge in [0, 0.05) is 22.0 Å². The van der Waals surface area contributed by atoms with E-state index in [1.165, 1.54) is 13.8 Å². The van der Waals surface area contributed by atoms with Crippen molar-refractivity contribution < 1.29 is 32.6 Å². The SMILES string of the molecule is CCOC(=O)[C@@](O)(c1ccc(NC(=O)Nc2ccc(Cl)cc2)c(C)c1)C(F)(F)F. The highest BCUT2D eigenvalue weighted by Gasteiger charge is 2.62. The quantitative estimate of drug-likeness (QED) is 0.605. The summed E-state index contributed by atoms with van der Waals surface area (Å²) >= 11 is 5.76. The molecule has 0 spiro atoms. The third-order valence-electron chi connectivity index (χ3n) is 3.98. The van der Waals surface area contributed by atoms with Crippen molar-refractivity contribution in [2.45, 2.75) is 25.6 Å². The fraction of sp³-hybridized carbons (Fsp3) is 0.263. The van der Waals surface area contributed by atoms with E-state index in [1.54, 1.807) is 24.3 Å². The zero-order valence-electron chi connectivity index (χ0n) is 15.4. The van der Waals surface area contributed by atoms with Crippen LogP contribution in [0.25, 0.3) is 0 Å². The number of halogens is 4. The number of aliphatic hydroxyl groups is 1. The van der Waals surface area contributed by atoms with E-state index < -0.39 is 29.3 Å². The summed E-state index contributed by atoms with van der Waals surface area (Å²) in [5, 5.41) is 15.6. The van der Waals surface area contributed by atoms with Crippen molar-refractivity contribution in [1.29, 1.82) is 0 Å². The molecule has 2 rings (SSSR count). The summed E-state index contributed by atoms with van der Waals surface area (Å²) in [7, 11) is 0. The third kappa shape index (κ3) is 4.99. The van der Waals surface area contributed by atoms with Crippen LogP contribution in [0, 0.1) is 6.92 Å². The summed E-state index contributed by atoms with van der Waals surface area (Å²) in [6.07, 6.45) is -5.30. The number of nitrogens with one attached hydrogen (secondary N) is 2. The third-order valence-corrected chi connectivity index (χ3v) is 4.23. The summed E-state index contributed by atoms with van der Waals surface area (Å²) in [6, 6.07) is 8.66. The molecule has 0 aliphatic carbocycles. The molecular formula is C19H18ClF3N2O4. The molecule has 0 aliphatic heterocycles. The molecule has 0 unspecified atom stereocenters. The van der Waals surface area contributed by atoms with Gasteiger partial charge >= 0.3 is 18.2 Å². The number of urea groups is 1. The van der Waals surface area contributed by atoms with Crippen LogP contribution in [0.1, 0.15) is 18.1 Å². The Hall–Kier alpha value is -2.78. The topological polar surface area (TPSA) is 87.7 Å². The van der Waals surface area contributed by atoms with Crippen molar-refractivity contribution in [3.63, 3.8) is 0 Å². The molecule has 0 bridgehead atoms. The first-order valence-electron chi connectivity index (χ1n) is 8.40. The Balaban J connectivity index is 2.25. The Bertz CT molecular complexity index is 903. The molecule has 0 aliphatic rings. The van der Waals surface area contributed by atoms with Crippen molar-refractivity contribution in [2.75, 3.05) is 17.2 Å². The minimum absolute atomic E-state index is 0.189. The number of alkyl halides is 3. The van der Waals surface area contributed by atoms with Gasteiger partial charge in [0.15, 0.2) is 0 Å². The number of hydrogen-bond donors (Lipinski definition) is 3. The van der Waals surface area contributed by atoms with Gasteiger partial charge in [0.1, 0.15) is 0 Å². The number of anilines is 2. The predicted octanol–water partition coefficient (Wildman–Crippen LogP) is 4.61. The first kappa shape index (κ1) is 22.5. The lowest BCUT2D eigenvalue weighted by Gasteiger charge is -2.29. The summed E-state index contributed by atoms with van der Waals surface area (Å²) in [5.41, 5.74) is -3.70. The largest absolute Gasteiger partial charge is 0.463 e. The number of benzene rings is 2. The van der Waals surface area contributed by atoms with E-state index in [4.69, 9.17) is 11.6 Å². The number of carbonyl (C=O) groups is 2. The van der Waals surface area contributed by atoms with Crippen molar-refractivity contribution in [1.82, 2.24) is 0 Å². The second kappa shape index (κ2) is 8.71. The maximum atomic E-state index is 13.4. The lowest BCUT2D eigenvalue weighted by atomic mass is 9.91. The van der Waals surface area contributed by atoms with Crippen molar-refractivity contribution in [2.24, 2.45) is 0 Å². The van der Waals surface area contributed by atoms with Gasteiger partial charge < -0.3 is 20.5 Å². The summed E-state index contributed by atoms with van der Waals surface area (Å²) in [5.74, 6) is -1.83. The van der Waals surface area contributed by atoms with Gasteiger partial charge in [-0.15, -0.1) is 0 Å². The van der Waals surface area contributed by atoms with E-state index >= 15 is 0 Å². The Morgan fingerprint density at radius 2 is 1.72 bits per heavy atom. The maximum absolute atomic E-state index is 13.4. The Morgan fingerprint density at radius 1 is 1.10 bits per heavy atom. The highest BCUT2D eigenvalue weighted by molar-refractivity contribution is 6.30. The lowest BCUT2D eigenvalue weighted by Crippen LogP contribution is -2.50. The van der Waals surface area contributed by atoms with E-state index in [2.05, 4.69) is 15.4 Å². The number of rotatable bonds is 5. The molecule has 2 aromatic carbocycles. The average Bonchev–Trinajstić information content (AvgIpc) is 2.63. The standard InChI is InChI=1S/C19H18ClF3N2O4/c1-3-29-16(26)18(28,19(21,22)23)12-4-9-15(11(2)10-12)25-17(27)24-14-7-5-13(20)6-8-14/h4-10,28H,3H2,1-2H3,(H2,24,25,27)/t18-/m0/s1. The van der Waals surface area contributed by atoms with Crippen LogP contribution in [0.3, 0.4) is 0 Å². The molecule has 0 fully saturated rings. The molecule has 0 radical (unpaired) electrons. The number of aryl methyl sites for hydroxylation is 1. The van der Waals surface area contributed by atoms with Gasteiger partial charge in [0.05, 0.1) is 6.61 Å². The molecule has 2 amide bonds. The first-order valence-corrected chi connectivity index (χ1v) is 8.78. The fourth-order valence-corrected chi connectivity index (χ4v) is 2.61. The smallest absolute Gasteiger partial charge is 0.432 e. The number of hydrogen-bond acceptors (Lipinski definition) is 4. The fourth-order valence-electron chi connectivity index (χ4n) is 2.48. The Labute approximate surface area is 169 Å². The van der Waals surface area contributed by atoms with Crippen LogP contribution in [0.2, 0.25) is 5.02 Å². The molecule has 0 heterocycles. The van der Waals surface area contributed by atoms with Crippen molar-refractivity contribution >= 4 is 35.0 Å². The lowest BCUT2D eigenvalue weighted by molar-refractivity contribution is -0.267. The van der Waals surface area contributed by atoms with E-state index in [-0.39, 0.29) is 17.9 Å². The van der Waals surface area contributed by atoms with Gasteiger partial charge in [-0.25, -0.2) is 9.59 Å². The minimum Gasteiger partial charge on any atom is -0.463 e. The van der Waals surface area contributed by atoms with Crippen LogP contribution >= 0.6 is 11.6 Å². The van der Waals surface area contributed by atoms with Crippen LogP contribution in [-0.2, 0) is 15.1 Å². The van der Waals surface area contributed by atoms with E-state index in [0.29, 0.717) is 10.7 Å². The molecule has 0 saturated carbocycles. The van der Waals surface area contributed by atoms with Crippen LogP contribution in [-0.4, -0.2) is 29.9 Å². The average molecular weight is 431 g/mol. The molecule has 29 heavy (non-hydrogen) atoms. The van der Waals surface area contributed by atoms with Gasteiger partial charge in [-0.1, -0.05) is 23.7 Å². The number of carbonyl (C=O) groups excluding carboxylic acids is 2. The maximum Gasteiger partial charge on any atom is 0.432 e. The number of ether oxygens (including phenoxy) is 1. The molecule has 156 valence electrons. The molecule has 2 aromatic rings. The summed E-state index contributed by atoms with van der Waals surface area (Å²) in [6.45, 7) is 2.41. The van der Waals surface area contributed by atoms with E-state index in [1.807, 2.05) is 0 Å². The minimum atomic E-state index is -5.30. The Kier molecular flexibility index (Phi) is 6.76. The predicted molar refractivity (Wildman–Crippen MR) is 102 cm³/mol. The highest BCUT2D eigenvalue weighted by atomic mass is 35.5. The van der Waals surface area contributed by atoms with Gasteiger partial charge in [0.25, 0.3) is 5.60 Å². The van der Waals surface area contributed by atoms with Gasteiger partial charge in [-0.3, -0.25) is 0 Å². The monoisotopic (exact) mass is 430 g/mol. The molecule has 10 heteroatoms. The molecule has 3 N–H and O–H groups in total. The summed E-state index contributed by atoms with van der Waals surface area (Å²) < 4.78 is 44.7. The molecule has 0 aromatic heterocycles. The van der Waals surface area contributed by atoms with E-state index in [0.717, 1.165) is 18.2 Å². The van der Waals surface area contributed by atoms with Crippen molar-refractivity contribution in [3.8, 4) is 0 Å². The van der Waals surface area contributed by atoms with Gasteiger partial charge in [0.2, 0.25) is 0 Å². The normalized spacial score (nSPS) is 13.3. The van der Waals surface area contributed by atoms with Crippen LogP contribution in [0.15, 0.2) is 42.5 Å². The number of amides is 2. The van der Waals surface area contributed by atoms with Crippen molar-refractivity contribution in [3.05, 3.63) is 58.6 Å². The van der Waals surface area contributed by atoms with Crippen LogP contribution in [0.4, 0.5) is 29.3 Å². The zero-order chi connectivity index (χ0) is 21.8. The summed E-state index contributed by atoms with van der Waals surface area (Å²) in [4.78, 5) is 23.9. The second-order valence-electron chi connectivity index (χ2n) is 6.04. The molecule has 0 saturated heterocycles. The molecular weight excluding hydrogens is 413 g/mol. The Morgan fingerprint density at radius 3 is 2.24 bits per heavy atom. The molecule has 6 nitrogen and oxygen atoms in total. The van der Waals surface area contributed by atoms with Crippen LogP contribution in [0.5, 0.6) is 0 Å². The van der Waals surface area contributed by atoms with E-state index in [9.17, 15) is 27.9 Å². The first-order chi connectivity index (χ1) is 13.5. The zero-order valence-corrected chi connectivity index (χ0v) is 16.2. The molecule has 1 atom stereocenters. The highest BCUT2D eigenvalue weighted by Crippen LogP contribution is 2.41.